The molecule has 3 aliphatic rings. The maximum atomic E-state index is 12.8. The molecule has 28 heavy (non-hydrogen) atoms. The van der Waals surface area contributed by atoms with Gasteiger partial charge in [0.1, 0.15) is 13.2 Å². The molecule has 0 spiro atoms. The maximum Gasteiger partial charge on any atom is 0.251 e. The number of carbonyl (C=O) groups excluding carboxylic acids is 2. The number of ether oxygens (including phenoxy) is 2. The van der Waals surface area contributed by atoms with Crippen molar-refractivity contribution in [3.63, 3.8) is 0 Å². The van der Waals surface area contributed by atoms with Gasteiger partial charge in [-0.25, -0.2) is 0 Å². The Bertz CT molecular complexity index is 768. The highest BCUT2D eigenvalue weighted by Crippen LogP contribution is 2.38. The highest BCUT2D eigenvalue weighted by Gasteiger charge is 2.47. The minimum Gasteiger partial charge on any atom is -0.486 e. The van der Waals surface area contributed by atoms with E-state index in [1.165, 1.54) is 0 Å². The number of hydrogen-bond acceptors (Lipinski definition) is 5. The van der Waals surface area contributed by atoms with Crippen molar-refractivity contribution in [2.24, 2.45) is 5.92 Å². The van der Waals surface area contributed by atoms with Crippen molar-refractivity contribution in [2.45, 2.75) is 44.8 Å². The molecule has 1 saturated carbocycles. The van der Waals surface area contributed by atoms with Crippen LogP contribution in [0.2, 0.25) is 0 Å². The minimum atomic E-state index is -0.102. The van der Waals surface area contributed by atoms with Gasteiger partial charge in [-0.3, -0.25) is 14.5 Å². The van der Waals surface area contributed by atoms with Gasteiger partial charge in [0.25, 0.3) is 5.91 Å². The molecule has 0 radical (unpaired) electrons. The second kappa shape index (κ2) is 7.62. The summed E-state index contributed by atoms with van der Waals surface area (Å²) in [5.41, 5.74) is 0.582. The number of benzene rings is 1. The molecule has 2 heterocycles. The number of rotatable bonds is 5. The van der Waals surface area contributed by atoms with E-state index in [1.54, 1.807) is 18.2 Å². The molecule has 0 aromatic heterocycles. The molecular formula is C21H29N3O4. The molecule has 1 saturated heterocycles. The molecule has 2 aliphatic heterocycles. The lowest BCUT2D eigenvalue weighted by atomic mass is 10.0. The fraction of sp³-hybridized carbons (Fsp3) is 0.619. The van der Waals surface area contributed by atoms with E-state index in [1.807, 2.05) is 18.9 Å². The second-order valence-corrected chi connectivity index (χ2v) is 8.06. The van der Waals surface area contributed by atoms with E-state index in [0.29, 0.717) is 36.2 Å². The minimum absolute atomic E-state index is 0.0912. The van der Waals surface area contributed by atoms with Crippen molar-refractivity contribution in [2.75, 3.05) is 33.4 Å². The summed E-state index contributed by atoms with van der Waals surface area (Å²) in [6, 6.07) is 5.55. The Morgan fingerprint density at radius 2 is 2.00 bits per heavy atom. The topological polar surface area (TPSA) is 71.1 Å². The molecule has 4 atom stereocenters. The van der Waals surface area contributed by atoms with E-state index in [4.69, 9.17) is 9.47 Å². The summed E-state index contributed by atoms with van der Waals surface area (Å²) in [6.07, 6.45) is 1.80. The zero-order valence-corrected chi connectivity index (χ0v) is 16.8. The van der Waals surface area contributed by atoms with Crippen LogP contribution < -0.4 is 14.8 Å². The van der Waals surface area contributed by atoms with Gasteiger partial charge >= 0.3 is 0 Å². The summed E-state index contributed by atoms with van der Waals surface area (Å²) in [7, 11) is 1.98. The van der Waals surface area contributed by atoms with Crippen LogP contribution in [0.5, 0.6) is 11.5 Å². The number of nitrogens with zero attached hydrogens (tertiary/aromatic N) is 2. The molecule has 1 aromatic rings. The van der Waals surface area contributed by atoms with E-state index in [0.717, 1.165) is 25.9 Å². The predicted molar refractivity (Wildman–Crippen MR) is 105 cm³/mol. The van der Waals surface area contributed by atoms with Crippen LogP contribution in [0.3, 0.4) is 0 Å². The number of likely N-dealkylation sites (tertiary alicyclic amines) is 1. The Labute approximate surface area is 166 Å². The number of hydrogen-bond donors (Lipinski definition) is 1. The Balaban J connectivity index is 1.36. The summed E-state index contributed by atoms with van der Waals surface area (Å²) in [5.74, 6) is 1.75. The van der Waals surface area contributed by atoms with Gasteiger partial charge in [-0.05, 0) is 57.5 Å². The molecule has 2 bridgehead atoms. The zero-order chi connectivity index (χ0) is 19.8. The molecule has 1 aliphatic carbocycles. The van der Waals surface area contributed by atoms with Gasteiger partial charge in [-0.2, -0.15) is 0 Å². The van der Waals surface area contributed by atoms with Crippen molar-refractivity contribution in [3.05, 3.63) is 23.8 Å². The zero-order valence-electron chi connectivity index (χ0n) is 16.8. The van der Waals surface area contributed by atoms with Crippen molar-refractivity contribution in [3.8, 4) is 11.5 Å². The van der Waals surface area contributed by atoms with Crippen molar-refractivity contribution in [1.82, 2.24) is 15.1 Å². The average molecular weight is 387 g/mol. The SMILES string of the molecule is CCN(C)C(C)C(=O)N1CC2CC1CC2NC(=O)c1ccc2c(c1)OCCO2. The number of likely N-dealkylation sites (N-methyl/N-ethyl adjacent to an activating group) is 1. The molecule has 2 amide bonds. The lowest BCUT2D eigenvalue weighted by Crippen LogP contribution is -2.52. The van der Waals surface area contributed by atoms with Gasteiger partial charge in [0.2, 0.25) is 5.91 Å². The highest BCUT2D eigenvalue weighted by atomic mass is 16.6. The standard InChI is InChI=1S/C21H29N3O4/c1-4-23(3)13(2)21(26)24-12-15-9-16(24)11-17(15)22-20(25)14-5-6-18-19(10-14)28-8-7-27-18/h5-6,10,13,15-17H,4,7-9,11-12H2,1-3H3,(H,22,25). The first kappa shape index (κ1) is 19.1. The van der Waals surface area contributed by atoms with E-state index in [-0.39, 0.29) is 29.9 Å². The average Bonchev–Trinajstić information content (AvgIpc) is 3.32. The summed E-state index contributed by atoms with van der Waals surface area (Å²) >= 11 is 0. The van der Waals surface area contributed by atoms with Crippen LogP contribution in [-0.2, 0) is 4.79 Å². The van der Waals surface area contributed by atoms with Crippen molar-refractivity contribution < 1.29 is 19.1 Å². The number of piperidine rings is 1. The highest BCUT2D eigenvalue weighted by molar-refractivity contribution is 5.95. The number of nitrogens with one attached hydrogen (secondary N) is 1. The predicted octanol–water partition coefficient (Wildman–Crippen LogP) is 1.52. The van der Waals surface area contributed by atoms with Gasteiger partial charge in [-0.1, -0.05) is 6.92 Å². The monoisotopic (exact) mass is 387 g/mol. The van der Waals surface area contributed by atoms with Gasteiger partial charge in [0.05, 0.1) is 6.04 Å². The first-order valence-electron chi connectivity index (χ1n) is 10.2. The van der Waals surface area contributed by atoms with Crippen LogP contribution in [-0.4, -0.2) is 73.1 Å². The summed E-state index contributed by atoms with van der Waals surface area (Å²) in [4.78, 5) is 29.6. The normalized spacial score (nSPS) is 26.4. The summed E-state index contributed by atoms with van der Waals surface area (Å²) < 4.78 is 11.1. The van der Waals surface area contributed by atoms with Crippen LogP contribution in [0.25, 0.3) is 0 Å². The summed E-state index contributed by atoms with van der Waals surface area (Å²) in [6.45, 7) is 6.65. The Morgan fingerprint density at radius 1 is 1.25 bits per heavy atom. The largest absolute Gasteiger partial charge is 0.486 e. The Kier molecular flexibility index (Phi) is 5.19. The molecule has 7 heteroatoms. The molecule has 2 fully saturated rings. The van der Waals surface area contributed by atoms with Crippen LogP contribution in [0.15, 0.2) is 18.2 Å². The molecule has 1 N–H and O–H groups in total. The van der Waals surface area contributed by atoms with Gasteiger partial charge < -0.3 is 19.7 Å². The van der Waals surface area contributed by atoms with E-state index >= 15 is 0 Å². The fourth-order valence-corrected chi connectivity index (χ4v) is 4.54. The molecule has 7 nitrogen and oxygen atoms in total. The second-order valence-electron chi connectivity index (χ2n) is 8.06. The lowest BCUT2D eigenvalue weighted by molar-refractivity contribution is -0.137. The van der Waals surface area contributed by atoms with Crippen molar-refractivity contribution >= 4 is 11.8 Å². The van der Waals surface area contributed by atoms with Gasteiger partial charge in [0.15, 0.2) is 11.5 Å². The van der Waals surface area contributed by atoms with Gasteiger partial charge in [0, 0.05) is 24.2 Å². The molecule has 4 rings (SSSR count). The molecule has 1 aromatic carbocycles. The van der Waals surface area contributed by atoms with Crippen LogP contribution in [0.4, 0.5) is 0 Å². The third-order valence-corrected chi connectivity index (χ3v) is 6.46. The third kappa shape index (κ3) is 3.43. The van der Waals surface area contributed by atoms with E-state index < -0.39 is 0 Å². The fourth-order valence-electron chi connectivity index (χ4n) is 4.54. The van der Waals surface area contributed by atoms with E-state index in [9.17, 15) is 9.59 Å². The quantitative estimate of drug-likeness (QED) is 0.830. The lowest BCUT2D eigenvalue weighted by Gasteiger charge is -2.35. The van der Waals surface area contributed by atoms with Crippen molar-refractivity contribution in [1.29, 1.82) is 0 Å². The first-order valence-corrected chi connectivity index (χ1v) is 10.2. The first-order chi connectivity index (χ1) is 13.5. The number of carbonyl (C=O) groups is 2. The Hall–Kier alpha value is -2.28. The summed E-state index contributed by atoms with van der Waals surface area (Å²) in [5, 5.41) is 3.17. The van der Waals surface area contributed by atoms with E-state index in [2.05, 4.69) is 17.1 Å². The Morgan fingerprint density at radius 3 is 2.68 bits per heavy atom. The number of amides is 2. The smallest absolute Gasteiger partial charge is 0.251 e. The van der Waals surface area contributed by atoms with Crippen LogP contribution in [0.1, 0.15) is 37.0 Å². The third-order valence-electron chi connectivity index (χ3n) is 6.46. The van der Waals surface area contributed by atoms with Gasteiger partial charge in [-0.15, -0.1) is 0 Å². The van der Waals surface area contributed by atoms with Crippen LogP contribution in [0, 0.1) is 5.92 Å². The molecular weight excluding hydrogens is 358 g/mol. The molecule has 152 valence electrons. The number of fused-ring (bicyclic) bond motifs is 3. The molecule has 4 unspecified atom stereocenters. The maximum absolute atomic E-state index is 12.8. The van der Waals surface area contributed by atoms with Crippen LogP contribution >= 0.6 is 0 Å².